The van der Waals surface area contributed by atoms with Crippen LogP contribution in [0.4, 0.5) is 0 Å². The number of amides is 1. The van der Waals surface area contributed by atoms with E-state index in [9.17, 15) is 4.79 Å². The van der Waals surface area contributed by atoms with Gasteiger partial charge in [-0.15, -0.1) is 0 Å². The van der Waals surface area contributed by atoms with Crippen LogP contribution in [0.25, 0.3) is 0 Å². The Morgan fingerprint density at radius 1 is 1.44 bits per heavy atom. The number of hydrazine groups is 1. The Kier molecular flexibility index (Phi) is 2.05. The van der Waals surface area contributed by atoms with Gasteiger partial charge in [-0.3, -0.25) is 10.2 Å². The Morgan fingerprint density at radius 3 is 2.44 bits per heavy atom. The van der Waals surface area contributed by atoms with E-state index >= 15 is 0 Å². The molecule has 0 bridgehead atoms. The summed E-state index contributed by atoms with van der Waals surface area (Å²) < 4.78 is 0. The first kappa shape index (κ1) is 6.55. The fraction of sp³-hybridized carbons (Fsp3) is 0.667. The van der Waals surface area contributed by atoms with Crippen LogP contribution in [-0.4, -0.2) is 24.0 Å². The zero-order chi connectivity index (χ0) is 6.69. The predicted octanol–water partition coefficient (Wildman–Crippen LogP) is -0.0525. The fourth-order valence-corrected chi connectivity index (χ4v) is 1.01. The quantitative estimate of drug-likeness (QED) is 0.535. The molecule has 1 aliphatic rings. The summed E-state index contributed by atoms with van der Waals surface area (Å²) in [5, 5.41) is 1.90. The zero-order valence-corrected chi connectivity index (χ0v) is 5.39. The normalized spacial score (nSPS) is 20.1. The van der Waals surface area contributed by atoms with Crippen LogP contribution in [0.15, 0.2) is 0 Å². The number of carbonyl (C=O) groups is 1. The highest BCUT2D eigenvalue weighted by Crippen LogP contribution is 2.02. The lowest BCUT2D eigenvalue weighted by molar-refractivity contribution is -0.120. The molecule has 1 radical (unpaired) electrons. The molecule has 1 N–H and O–H groups in total. The first-order valence-electron chi connectivity index (χ1n) is 3.16. The van der Waals surface area contributed by atoms with Crippen molar-refractivity contribution in [2.45, 2.75) is 12.8 Å². The van der Waals surface area contributed by atoms with Crippen LogP contribution in [0.3, 0.4) is 0 Å². The third-order valence-electron chi connectivity index (χ3n) is 1.39. The van der Waals surface area contributed by atoms with Crippen LogP contribution in [0, 0.1) is 6.92 Å². The molecule has 0 aliphatic carbocycles. The first-order chi connectivity index (χ1) is 4.29. The second-order valence-corrected chi connectivity index (χ2v) is 2.23. The summed E-state index contributed by atoms with van der Waals surface area (Å²) in [5.74, 6) is -0.211. The molecular formula is C6H11N2O. The number of hydrogen-bond donors (Lipinski definition) is 1. The van der Waals surface area contributed by atoms with E-state index in [4.69, 9.17) is 0 Å². The monoisotopic (exact) mass is 127 g/mol. The van der Waals surface area contributed by atoms with Crippen LogP contribution < -0.4 is 5.43 Å². The highest BCUT2D eigenvalue weighted by Gasteiger charge is 2.10. The average Bonchev–Trinajstić information content (AvgIpc) is 2.15. The van der Waals surface area contributed by atoms with Crippen molar-refractivity contribution in [1.29, 1.82) is 0 Å². The van der Waals surface area contributed by atoms with Crippen molar-refractivity contribution >= 4 is 5.91 Å². The van der Waals surface area contributed by atoms with Gasteiger partial charge in [-0.25, -0.2) is 5.01 Å². The molecule has 0 aromatic heterocycles. The van der Waals surface area contributed by atoms with Crippen molar-refractivity contribution in [3.05, 3.63) is 6.92 Å². The molecule has 0 spiro atoms. The number of rotatable bonds is 1. The number of nitrogens with zero attached hydrogens (tertiary/aromatic N) is 1. The van der Waals surface area contributed by atoms with Crippen LogP contribution in [0.1, 0.15) is 12.8 Å². The summed E-state index contributed by atoms with van der Waals surface area (Å²) in [7, 11) is 0. The van der Waals surface area contributed by atoms with Gasteiger partial charge in [0.1, 0.15) is 0 Å². The Hall–Kier alpha value is -0.570. The summed E-state index contributed by atoms with van der Waals surface area (Å²) in [4.78, 5) is 10.3. The lowest BCUT2D eigenvalue weighted by Gasteiger charge is -2.13. The van der Waals surface area contributed by atoms with Gasteiger partial charge in [0.2, 0.25) is 5.91 Å². The lowest BCUT2D eigenvalue weighted by Crippen LogP contribution is -2.38. The van der Waals surface area contributed by atoms with E-state index in [0.29, 0.717) is 0 Å². The molecule has 1 fully saturated rings. The molecule has 1 saturated heterocycles. The third kappa shape index (κ3) is 2.01. The highest BCUT2D eigenvalue weighted by molar-refractivity contribution is 5.79. The Balaban J connectivity index is 2.19. The summed E-state index contributed by atoms with van der Waals surface area (Å²) >= 11 is 0. The topological polar surface area (TPSA) is 32.3 Å². The summed E-state index contributed by atoms with van der Waals surface area (Å²) in [6.45, 7) is 5.16. The Bertz CT molecular complexity index is 108. The van der Waals surface area contributed by atoms with Gasteiger partial charge in [0, 0.05) is 20.0 Å². The summed E-state index contributed by atoms with van der Waals surface area (Å²) in [6.07, 6.45) is 2.36. The van der Waals surface area contributed by atoms with Gasteiger partial charge in [0.25, 0.3) is 0 Å². The Labute approximate surface area is 55.0 Å². The van der Waals surface area contributed by atoms with Crippen molar-refractivity contribution < 1.29 is 4.79 Å². The van der Waals surface area contributed by atoms with Crippen molar-refractivity contribution in [2.24, 2.45) is 0 Å². The van der Waals surface area contributed by atoms with Gasteiger partial charge >= 0.3 is 0 Å². The number of nitrogens with one attached hydrogen (secondary N) is 1. The molecule has 0 saturated carbocycles. The first-order valence-corrected chi connectivity index (χ1v) is 3.16. The zero-order valence-electron chi connectivity index (χ0n) is 5.39. The molecule has 1 heterocycles. The molecule has 0 unspecified atom stereocenters. The third-order valence-corrected chi connectivity index (χ3v) is 1.39. The summed E-state index contributed by atoms with van der Waals surface area (Å²) in [5.41, 5.74) is 2.62. The van der Waals surface area contributed by atoms with Crippen molar-refractivity contribution in [2.75, 3.05) is 13.1 Å². The SMILES string of the molecule is [CH2]C(=O)NN1CCCC1. The van der Waals surface area contributed by atoms with Gasteiger partial charge in [-0.2, -0.15) is 0 Å². The number of carbonyl (C=O) groups excluding carboxylic acids is 1. The minimum absolute atomic E-state index is 0.211. The van der Waals surface area contributed by atoms with Gasteiger partial charge in [-0.05, 0) is 12.8 Å². The van der Waals surface area contributed by atoms with Crippen molar-refractivity contribution in [1.82, 2.24) is 10.4 Å². The second kappa shape index (κ2) is 2.82. The summed E-state index contributed by atoms with van der Waals surface area (Å²) in [6, 6.07) is 0. The number of hydrogen-bond acceptors (Lipinski definition) is 2. The average molecular weight is 127 g/mol. The minimum atomic E-state index is -0.211. The van der Waals surface area contributed by atoms with E-state index in [1.54, 1.807) is 0 Å². The Morgan fingerprint density at radius 2 is 2.00 bits per heavy atom. The van der Waals surface area contributed by atoms with E-state index in [2.05, 4.69) is 12.3 Å². The molecule has 1 aliphatic heterocycles. The molecule has 0 aromatic carbocycles. The molecule has 9 heavy (non-hydrogen) atoms. The smallest absolute Gasteiger partial charge is 0.234 e. The predicted molar refractivity (Wildman–Crippen MR) is 34.3 cm³/mol. The van der Waals surface area contributed by atoms with Crippen LogP contribution >= 0.6 is 0 Å². The molecule has 0 aromatic rings. The van der Waals surface area contributed by atoms with Crippen molar-refractivity contribution in [3.8, 4) is 0 Å². The van der Waals surface area contributed by atoms with E-state index in [-0.39, 0.29) is 5.91 Å². The standard InChI is InChI=1S/C6H11N2O/c1-6(9)7-8-4-2-3-5-8/h1-5H2,(H,7,9). The van der Waals surface area contributed by atoms with Crippen molar-refractivity contribution in [3.63, 3.8) is 0 Å². The van der Waals surface area contributed by atoms with Crippen LogP contribution in [0.2, 0.25) is 0 Å². The second-order valence-electron chi connectivity index (χ2n) is 2.23. The molecule has 3 nitrogen and oxygen atoms in total. The molecule has 3 heteroatoms. The van der Waals surface area contributed by atoms with E-state index in [1.165, 1.54) is 12.8 Å². The molecule has 51 valence electrons. The highest BCUT2D eigenvalue weighted by atomic mass is 16.2. The molecule has 0 atom stereocenters. The van der Waals surface area contributed by atoms with E-state index < -0.39 is 0 Å². The van der Waals surface area contributed by atoms with E-state index in [0.717, 1.165) is 13.1 Å². The van der Waals surface area contributed by atoms with Gasteiger partial charge in [0.15, 0.2) is 0 Å². The van der Waals surface area contributed by atoms with Gasteiger partial charge in [0.05, 0.1) is 0 Å². The largest absolute Gasteiger partial charge is 0.289 e. The van der Waals surface area contributed by atoms with Gasteiger partial charge in [-0.1, -0.05) is 0 Å². The fourth-order valence-electron chi connectivity index (χ4n) is 1.01. The minimum Gasteiger partial charge on any atom is -0.289 e. The lowest BCUT2D eigenvalue weighted by atomic mass is 10.4. The maximum atomic E-state index is 10.3. The molecule has 1 rings (SSSR count). The molecule has 1 amide bonds. The maximum Gasteiger partial charge on any atom is 0.234 e. The van der Waals surface area contributed by atoms with Crippen LogP contribution in [0.5, 0.6) is 0 Å². The maximum absolute atomic E-state index is 10.3. The molecular weight excluding hydrogens is 116 g/mol. The van der Waals surface area contributed by atoms with E-state index in [1.807, 2.05) is 5.01 Å². The van der Waals surface area contributed by atoms with Crippen LogP contribution in [-0.2, 0) is 4.79 Å². The van der Waals surface area contributed by atoms with Gasteiger partial charge < -0.3 is 0 Å².